The lowest BCUT2D eigenvalue weighted by Crippen LogP contribution is -2.39. The number of carbonyl (C=O) groups excluding carboxylic acids is 2. The summed E-state index contributed by atoms with van der Waals surface area (Å²) in [7, 11) is 0. The molecule has 0 unspecified atom stereocenters. The highest BCUT2D eigenvalue weighted by atomic mass is 35.5. The minimum absolute atomic E-state index is 0.0497. The number of hydrogen-bond acceptors (Lipinski definition) is 4. The molecule has 7 heteroatoms. The van der Waals surface area contributed by atoms with E-state index in [1.54, 1.807) is 4.90 Å². The largest absolute Gasteiger partial charge is 0.446 e. The average Bonchev–Trinajstić information content (AvgIpc) is 3.19. The van der Waals surface area contributed by atoms with Crippen LogP contribution in [-0.4, -0.2) is 33.8 Å². The molecule has 0 saturated heterocycles. The van der Waals surface area contributed by atoms with E-state index >= 15 is 0 Å². The predicted molar refractivity (Wildman–Crippen MR) is 109 cm³/mol. The summed E-state index contributed by atoms with van der Waals surface area (Å²) in [5, 5.41) is 2.05. The Morgan fingerprint density at radius 3 is 2.46 bits per heavy atom. The number of carbonyl (C=O) groups is 2. The summed E-state index contributed by atoms with van der Waals surface area (Å²) >= 11 is 6.44. The van der Waals surface area contributed by atoms with Gasteiger partial charge in [-0.1, -0.05) is 44.2 Å². The maximum atomic E-state index is 13.0. The van der Waals surface area contributed by atoms with Crippen molar-refractivity contribution < 1.29 is 14.0 Å². The van der Waals surface area contributed by atoms with Gasteiger partial charge in [0.1, 0.15) is 11.6 Å². The fourth-order valence-corrected chi connectivity index (χ4v) is 2.89. The number of alkyl halides is 1. The molecule has 0 aliphatic carbocycles. The second kappa shape index (κ2) is 10.3. The van der Waals surface area contributed by atoms with Crippen LogP contribution in [0.2, 0.25) is 0 Å². The summed E-state index contributed by atoms with van der Waals surface area (Å²) in [6.07, 6.45) is 2.90. The second-order valence-electron chi connectivity index (χ2n) is 6.91. The first-order valence-corrected chi connectivity index (χ1v) is 10.1. The van der Waals surface area contributed by atoms with Gasteiger partial charge in [0.15, 0.2) is 5.69 Å². The standard InChI is InChI=1S/C21H28ClN3O3/c1-5-14(3)23-20(26)17-13-28-18(24-17)12-25(15(4)6-2)21(27)19(22)16-10-8-7-9-11-16/h7-11,13-15,19H,5-6,12H2,1-4H3,(H,23,26)/t14-,15+,19+/m0/s1. The molecule has 0 aliphatic rings. The van der Waals surface area contributed by atoms with E-state index < -0.39 is 5.38 Å². The van der Waals surface area contributed by atoms with Crippen molar-refractivity contribution in [3.05, 3.63) is 53.7 Å². The highest BCUT2D eigenvalue weighted by Gasteiger charge is 2.28. The molecule has 2 aromatic rings. The highest BCUT2D eigenvalue weighted by molar-refractivity contribution is 6.30. The van der Waals surface area contributed by atoms with E-state index in [1.165, 1.54) is 6.26 Å². The van der Waals surface area contributed by atoms with Crippen LogP contribution in [0.3, 0.4) is 0 Å². The number of hydrogen-bond donors (Lipinski definition) is 1. The molecular formula is C21H28ClN3O3. The molecule has 0 spiro atoms. The first-order chi connectivity index (χ1) is 13.4. The van der Waals surface area contributed by atoms with Gasteiger partial charge in [0, 0.05) is 12.1 Å². The van der Waals surface area contributed by atoms with Gasteiger partial charge in [-0.3, -0.25) is 9.59 Å². The molecule has 1 N–H and O–H groups in total. The fourth-order valence-electron chi connectivity index (χ4n) is 2.61. The third kappa shape index (κ3) is 5.58. The van der Waals surface area contributed by atoms with E-state index in [4.69, 9.17) is 16.0 Å². The Bertz CT molecular complexity index is 778. The van der Waals surface area contributed by atoms with Gasteiger partial charge in [0.05, 0.1) is 6.54 Å². The third-order valence-electron chi connectivity index (χ3n) is 4.79. The summed E-state index contributed by atoms with van der Waals surface area (Å²) in [6.45, 7) is 8.01. The molecular weight excluding hydrogens is 378 g/mol. The van der Waals surface area contributed by atoms with Crippen molar-refractivity contribution in [3.8, 4) is 0 Å². The van der Waals surface area contributed by atoms with Crippen LogP contribution in [0.15, 0.2) is 41.0 Å². The highest BCUT2D eigenvalue weighted by Crippen LogP contribution is 2.25. The Morgan fingerprint density at radius 1 is 1.18 bits per heavy atom. The number of aromatic nitrogens is 1. The van der Waals surface area contributed by atoms with Gasteiger partial charge in [0.25, 0.3) is 5.91 Å². The Kier molecular flexibility index (Phi) is 8.05. The Labute approximate surface area is 171 Å². The van der Waals surface area contributed by atoms with Crippen LogP contribution in [-0.2, 0) is 11.3 Å². The monoisotopic (exact) mass is 405 g/mol. The molecule has 0 saturated carbocycles. The Balaban J connectivity index is 2.14. The van der Waals surface area contributed by atoms with Gasteiger partial charge < -0.3 is 14.6 Å². The van der Waals surface area contributed by atoms with Crippen molar-refractivity contribution >= 4 is 23.4 Å². The second-order valence-corrected chi connectivity index (χ2v) is 7.34. The summed E-state index contributed by atoms with van der Waals surface area (Å²) in [4.78, 5) is 31.1. The molecule has 152 valence electrons. The summed E-state index contributed by atoms with van der Waals surface area (Å²) in [6, 6.07) is 9.22. The molecule has 1 aromatic carbocycles. The zero-order chi connectivity index (χ0) is 20.7. The Hall–Kier alpha value is -2.34. The zero-order valence-corrected chi connectivity index (χ0v) is 17.6. The maximum absolute atomic E-state index is 13.0. The molecule has 2 amide bonds. The van der Waals surface area contributed by atoms with E-state index in [2.05, 4.69) is 10.3 Å². The predicted octanol–water partition coefficient (Wildman–Crippen LogP) is 4.31. The number of benzene rings is 1. The first kappa shape index (κ1) is 22.0. The number of oxazole rings is 1. The van der Waals surface area contributed by atoms with E-state index in [9.17, 15) is 9.59 Å². The molecule has 0 bridgehead atoms. The summed E-state index contributed by atoms with van der Waals surface area (Å²) in [5.74, 6) is -0.198. The first-order valence-electron chi connectivity index (χ1n) is 9.62. The Morgan fingerprint density at radius 2 is 1.86 bits per heavy atom. The van der Waals surface area contributed by atoms with E-state index in [0.717, 1.165) is 18.4 Å². The average molecular weight is 406 g/mol. The van der Waals surface area contributed by atoms with E-state index in [-0.39, 0.29) is 36.1 Å². The van der Waals surface area contributed by atoms with Gasteiger partial charge in [0.2, 0.25) is 11.8 Å². The van der Waals surface area contributed by atoms with Crippen molar-refractivity contribution in [2.45, 2.75) is 64.5 Å². The number of nitrogens with one attached hydrogen (secondary N) is 1. The lowest BCUT2D eigenvalue weighted by Gasteiger charge is -2.29. The zero-order valence-electron chi connectivity index (χ0n) is 16.8. The maximum Gasteiger partial charge on any atom is 0.273 e. The lowest BCUT2D eigenvalue weighted by atomic mass is 10.1. The van der Waals surface area contributed by atoms with Crippen molar-refractivity contribution in [1.29, 1.82) is 0 Å². The van der Waals surface area contributed by atoms with Crippen LogP contribution < -0.4 is 5.32 Å². The quantitative estimate of drug-likeness (QED) is 0.630. The normalized spacial score (nSPS) is 14.2. The van der Waals surface area contributed by atoms with Crippen LogP contribution in [0.25, 0.3) is 0 Å². The SMILES string of the molecule is CC[C@@H](C)N(Cc1nc(C(=O)N[C@@H](C)CC)co1)C(=O)[C@H](Cl)c1ccccc1. The number of rotatable bonds is 9. The van der Waals surface area contributed by atoms with Gasteiger partial charge in [-0.25, -0.2) is 4.98 Å². The van der Waals surface area contributed by atoms with Gasteiger partial charge in [-0.05, 0) is 32.3 Å². The number of nitrogens with zero attached hydrogens (tertiary/aromatic N) is 2. The topological polar surface area (TPSA) is 75.4 Å². The molecule has 2 rings (SSSR count). The number of amides is 2. The van der Waals surface area contributed by atoms with E-state index in [0.29, 0.717) is 5.89 Å². The molecule has 1 heterocycles. The van der Waals surface area contributed by atoms with Crippen molar-refractivity contribution in [2.75, 3.05) is 0 Å². The van der Waals surface area contributed by atoms with Gasteiger partial charge in [-0.2, -0.15) is 0 Å². The lowest BCUT2D eigenvalue weighted by molar-refractivity contribution is -0.134. The van der Waals surface area contributed by atoms with Crippen LogP contribution in [0, 0.1) is 0 Å². The van der Waals surface area contributed by atoms with Crippen LogP contribution in [0.1, 0.15) is 67.9 Å². The van der Waals surface area contributed by atoms with Crippen molar-refractivity contribution in [1.82, 2.24) is 15.2 Å². The van der Waals surface area contributed by atoms with Crippen molar-refractivity contribution in [2.24, 2.45) is 0 Å². The minimum Gasteiger partial charge on any atom is -0.446 e. The fraction of sp³-hybridized carbons (Fsp3) is 0.476. The number of halogens is 1. The van der Waals surface area contributed by atoms with Crippen LogP contribution in [0.4, 0.5) is 0 Å². The minimum atomic E-state index is -0.793. The third-order valence-corrected chi connectivity index (χ3v) is 5.23. The van der Waals surface area contributed by atoms with Gasteiger partial charge in [-0.15, -0.1) is 11.6 Å². The van der Waals surface area contributed by atoms with Gasteiger partial charge >= 0.3 is 0 Å². The molecule has 0 aliphatic heterocycles. The molecule has 1 aromatic heterocycles. The molecule has 3 atom stereocenters. The summed E-state index contributed by atoms with van der Waals surface area (Å²) in [5.41, 5.74) is 0.945. The van der Waals surface area contributed by atoms with Crippen LogP contribution >= 0.6 is 11.6 Å². The molecule has 28 heavy (non-hydrogen) atoms. The smallest absolute Gasteiger partial charge is 0.273 e. The summed E-state index contributed by atoms with van der Waals surface area (Å²) < 4.78 is 5.45. The molecule has 0 fully saturated rings. The molecule has 0 radical (unpaired) electrons. The van der Waals surface area contributed by atoms with Crippen LogP contribution in [0.5, 0.6) is 0 Å². The van der Waals surface area contributed by atoms with Crippen molar-refractivity contribution in [3.63, 3.8) is 0 Å². The molecule has 6 nitrogen and oxygen atoms in total. The van der Waals surface area contributed by atoms with E-state index in [1.807, 2.05) is 58.0 Å².